The fourth-order valence-corrected chi connectivity index (χ4v) is 3.41. The highest BCUT2D eigenvalue weighted by Gasteiger charge is 2.14. The lowest BCUT2D eigenvalue weighted by Gasteiger charge is -2.18. The molecule has 0 aliphatic carbocycles. The van der Waals surface area contributed by atoms with Gasteiger partial charge >= 0.3 is 0 Å². The smallest absolute Gasteiger partial charge is 0.223 e. The predicted molar refractivity (Wildman–Crippen MR) is 101 cm³/mol. The van der Waals surface area contributed by atoms with Crippen molar-refractivity contribution < 1.29 is 14.6 Å². The monoisotopic (exact) mass is 376 g/mol. The van der Waals surface area contributed by atoms with Crippen LogP contribution in [0.15, 0.2) is 29.6 Å². The van der Waals surface area contributed by atoms with Crippen molar-refractivity contribution in [2.75, 3.05) is 37.6 Å². The largest absolute Gasteiger partial charge is 0.493 e. The summed E-state index contributed by atoms with van der Waals surface area (Å²) >= 11 is 1.46. The Balaban J connectivity index is 1.71. The van der Waals surface area contributed by atoms with Gasteiger partial charge in [0.2, 0.25) is 5.95 Å². The molecule has 0 saturated carbocycles. The Kier molecular flexibility index (Phi) is 5.64. The third-order valence-electron chi connectivity index (χ3n) is 3.67. The number of hydrogen-bond acceptors (Lipinski definition) is 9. The van der Waals surface area contributed by atoms with Crippen molar-refractivity contribution in [2.24, 2.45) is 0 Å². The van der Waals surface area contributed by atoms with E-state index in [2.05, 4.69) is 25.3 Å². The average molecular weight is 376 g/mol. The summed E-state index contributed by atoms with van der Waals surface area (Å²) in [6, 6.07) is 5.29. The lowest BCUT2D eigenvalue weighted by molar-refractivity contribution is 0.283. The number of H-pyrrole nitrogens is 1. The van der Waals surface area contributed by atoms with Crippen LogP contribution in [-0.4, -0.2) is 57.7 Å². The van der Waals surface area contributed by atoms with Gasteiger partial charge in [-0.2, -0.15) is 4.98 Å². The molecule has 1 unspecified atom stereocenters. The summed E-state index contributed by atoms with van der Waals surface area (Å²) in [5.41, 5.74) is 7.79. The number of aliphatic hydroxyl groups is 1. The van der Waals surface area contributed by atoms with Gasteiger partial charge in [-0.1, -0.05) is 0 Å². The van der Waals surface area contributed by atoms with E-state index >= 15 is 0 Å². The molecule has 1 atom stereocenters. The van der Waals surface area contributed by atoms with E-state index in [1.54, 1.807) is 20.5 Å². The number of hydrogen-bond donors (Lipinski definition) is 4. The van der Waals surface area contributed by atoms with Crippen LogP contribution >= 0.6 is 11.8 Å². The number of thioether (sulfide) groups is 1. The van der Waals surface area contributed by atoms with Crippen molar-refractivity contribution in [1.82, 2.24) is 19.9 Å². The van der Waals surface area contributed by atoms with Crippen LogP contribution in [0.4, 0.5) is 11.6 Å². The van der Waals surface area contributed by atoms with E-state index in [9.17, 15) is 5.11 Å². The van der Waals surface area contributed by atoms with Crippen LogP contribution in [-0.2, 0) is 0 Å². The molecule has 0 bridgehead atoms. The number of rotatable bonds is 8. The molecule has 26 heavy (non-hydrogen) atoms. The van der Waals surface area contributed by atoms with E-state index in [-0.39, 0.29) is 18.6 Å². The Morgan fingerprint density at radius 2 is 2.08 bits per heavy atom. The number of anilines is 2. The molecule has 0 spiro atoms. The van der Waals surface area contributed by atoms with Crippen LogP contribution in [0.5, 0.6) is 11.5 Å². The maximum absolute atomic E-state index is 9.71. The Labute approximate surface area is 154 Å². The summed E-state index contributed by atoms with van der Waals surface area (Å²) in [5.74, 6) is 1.99. The molecular formula is C16H20N6O3S. The zero-order valence-electron chi connectivity index (χ0n) is 14.4. The predicted octanol–water partition coefficient (Wildman–Crippen LogP) is 1.52. The normalized spacial score (nSPS) is 12.1. The topological polar surface area (TPSA) is 131 Å². The molecule has 3 aromatic rings. The molecule has 1 aromatic carbocycles. The standard InChI is InChI=1S/C16H20N6O3S/c1-24-11-4-3-9(5-12(11)25-2)20-10(6-23)7-26-15-13-14(19-8-18-13)21-16(17)22-15/h3-5,8,10,20,23H,6-7H2,1-2H3,(H3,17,18,19,21,22). The first kappa shape index (κ1) is 18.1. The number of nitrogens with two attached hydrogens (primary N) is 1. The number of benzene rings is 1. The van der Waals surface area contributed by atoms with Crippen LogP contribution in [0, 0.1) is 0 Å². The first-order valence-corrected chi connectivity index (χ1v) is 8.82. The molecule has 3 rings (SSSR count). The summed E-state index contributed by atoms with van der Waals surface area (Å²) < 4.78 is 10.5. The van der Waals surface area contributed by atoms with Gasteiger partial charge < -0.3 is 30.6 Å². The van der Waals surface area contributed by atoms with Gasteiger partial charge in [0.15, 0.2) is 17.1 Å². The molecule has 9 nitrogen and oxygen atoms in total. The van der Waals surface area contributed by atoms with Gasteiger partial charge in [-0.05, 0) is 12.1 Å². The molecule has 2 aromatic heterocycles. The van der Waals surface area contributed by atoms with Gasteiger partial charge in [-0.15, -0.1) is 11.8 Å². The molecule has 2 heterocycles. The number of nitrogen functional groups attached to an aromatic ring is 1. The number of nitrogens with zero attached hydrogens (tertiary/aromatic N) is 3. The minimum atomic E-state index is -0.202. The van der Waals surface area contributed by atoms with Crippen LogP contribution < -0.4 is 20.5 Å². The molecular weight excluding hydrogens is 356 g/mol. The highest BCUT2D eigenvalue weighted by molar-refractivity contribution is 7.99. The second-order valence-electron chi connectivity index (χ2n) is 5.39. The van der Waals surface area contributed by atoms with Gasteiger partial charge in [0.25, 0.3) is 0 Å². The van der Waals surface area contributed by atoms with Gasteiger partial charge in [0.05, 0.1) is 33.2 Å². The fourth-order valence-electron chi connectivity index (χ4n) is 2.41. The lowest BCUT2D eigenvalue weighted by atomic mass is 10.2. The number of fused-ring (bicyclic) bond motifs is 1. The third-order valence-corrected chi connectivity index (χ3v) is 4.80. The summed E-state index contributed by atoms with van der Waals surface area (Å²) in [6.07, 6.45) is 1.55. The number of imidazole rings is 1. The number of aromatic nitrogens is 4. The fraction of sp³-hybridized carbons (Fsp3) is 0.312. The molecule has 0 amide bonds. The maximum atomic E-state index is 9.71. The minimum absolute atomic E-state index is 0.0476. The Morgan fingerprint density at radius 1 is 1.27 bits per heavy atom. The Morgan fingerprint density at radius 3 is 2.81 bits per heavy atom. The highest BCUT2D eigenvalue weighted by atomic mass is 32.2. The van der Waals surface area contributed by atoms with E-state index < -0.39 is 0 Å². The van der Waals surface area contributed by atoms with Crippen LogP contribution in [0.25, 0.3) is 11.2 Å². The molecule has 0 fully saturated rings. The number of nitrogens with one attached hydrogen (secondary N) is 2. The van der Waals surface area contributed by atoms with Crippen molar-refractivity contribution in [2.45, 2.75) is 11.1 Å². The van der Waals surface area contributed by atoms with E-state index in [4.69, 9.17) is 15.2 Å². The van der Waals surface area contributed by atoms with E-state index in [1.807, 2.05) is 18.2 Å². The van der Waals surface area contributed by atoms with Crippen molar-refractivity contribution in [3.8, 4) is 11.5 Å². The number of methoxy groups -OCH3 is 2. The second kappa shape index (κ2) is 8.11. The first-order valence-electron chi connectivity index (χ1n) is 7.83. The number of aromatic amines is 1. The first-order chi connectivity index (χ1) is 12.6. The van der Waals surface area contributed by atoms with E-state index in [1.165, 1.54) is 11.8 Å². The van der Waals surface area contributed by atoms with Crippen LogP contribution in [0.1, 0.15) is 0 Å². The zero-order valence-corrected chi connectivity index (χ0v) is 15.2. The van der Waals surface area contributed by atoms with Gasteiger partial charge in [-0.3, -0.25) is 0 Å². The molecule has 0 aliphatic rings. The summed E-state index contributed by atoms with van der Waals surface area (Å²) in [6.45, 7) is -0.0476. The van der Waals surface area contributed by atoms with Gasteiger partial charge in [-0.25, -0.2) is 9.97 Å². The average Bonchev–Trinajstić information content (AvgIpc) is 3.12. The molecule has 5 N–H and O–H groups in total. The van der Waals surface area contributed by atoms with Crippen molar-refractivity contribution >= 4 is 34.6 Å². The highest BCUT2D eigenvalue weighted by Crippen LogP contribution is 2.30. The van der Waals surface area contributed by atoms with Crippen LogP contribution in [0.2, 0.25) is 0 Å². The summed E-state index contributed by atoms with van der Waals surface area (Å²) in [4.78, 5) is 15.4. The van der Waals surface area contributed by atoms with Crippen molar-refractivity contribution in [3.05, 3.63) is 24.5 Å². The van der Waals surface area contributed by atoms with Crippen LogP contribution in [0.3, 0.4) is 0 Å². The van der Waals surface area contributed by atoms with Gasteiger partial charge in [0, 0.05) is 17.5 Å². The maximum Gasteiger partial charge on any atom is 0.223 e. The number of aliphatic hydroxyl groups excluding tert-OH is 1. The lowest BCUT2D eigenvalue weighted by Crippen LogP contribution is -2.26. The van der Waals surface area contributed by atoms with Crippen molar-refractivity contribution in [3.63, 3.8) is 0 Å². The number of ether oxygens (including phenoxy) is 2. The van der Waals surface area contributed by atoms with E-state index in [0.29, 0.717) is 27.9 Å². The SMILES string of the molecule is COc1ccc(NC(CO)CSc2nc(N)nc3nc[nH]c23)cc1OC. The quantitative estimate of drug-likeness (QED) is 0.341. The van der Waals surface area contributed by atoms with E-state index in [0.717, 1.165) is 11.2 Å². The van der Waals surface area contributed by atoms with Crippen molar-refractivity contribution in [1.29, 1.82) is 0 Å². The second-order valence-corrected chi connectivity index (χ2v) is 6.40. The summed E-state index contributed by atoms with van der Waals surface area (Å²) in [5, 5.41) is 13.7. The molecule has 0 aliphatic heterocycles. The summed E-state index contributed by atoms with van der Waals surface area (Å²) in [7, 11) is 3.16. The Hall–Kier alpha value is -2.72. The van der Waals surface area contributed by atoms with Gasteiger partial charge in [0.1, 0.15) is 10.5 Å². The molecule has 138 valence electrons. The molecule has 0 radical (unpaired) electrons. The third kappa shape index (κ3) is 3.92. The zero-order chi connectivity index (χ0) is 18.5. The Bertz CT molecular complexity index is 888. The molecule has 0 saturated heterocycles. The minimum Gasteiger partial charge on any atom is -0.493 e. The molecule has 10 heteroatoms.